The number of alkyl carbamates (subject to hydrolysis) is 1. The van der Waals surface area contributed by atoms with E-state index in [1.165, 1.54) is 42.5 Å². The lowest BCUT2D eigenvalue weighted by atomic mass is 9.85. The van der Waals surface area contributed by atoms with E-state index in [-0.39, 0.29) is 48.1 Å². The second-order valence-corrected chi connectivity index (χ2v) is 13.8. The predicted molar refractivity (Wildman–Crippen MR) is 168 cm³/mol. The number of methoxy groups -OCH3 is 1. The van der Waals surface area contributed by atoms with Crippen LogP contribution in [0.5, 0.6) is 5.88 Å². The van der Waals surface area contributed by atoms with Crippen LogP contribution in [0.25, 0.3) is 10.8 Å². The lowest BCUT2D eigenvalue weighted by molar-refractivity contribution is -0.148. The first-order chi connectivity index (χ1) is 22.6. The molecule has 5 unspecified atom stereocenters. The zero-order valence-electron chi connectivity index (χ0n) is 27.4. The third-order valence-corrected chi connectivity index (χ3v) is 9.35. The van der Waals surface area contributed by atoms with Crippen LogP contribution >= 0.6 is 0 Å². The van der Waals surface area contributed by atoms with Crippen LogP contribution in [0.15, 0.2) is 43.1 Å². The number of carbonyl (C=O) groups is 4. The summed E-state index contributed by atoms with van der Waals surface area (Å²) in [4.78, 5) is 59.4. The Kier molecular flexibility index (Phi) is 9.67. The van der Waals surface area contributed by atoms with Gasteiger partial charge in [0.05, 0.1) is 19.2 Å². The Balaban J connectivity index is 1.44. The minimum Gasteiger partial charge on any atom is -0.472 e. The molecule has 2 N–H and O–H groups in total. The summed E-state index contributed by atoms with van der Waals surface area (Å²) >= 11 is 0. The van der Waals surface area contributed by atoms with E-state index in [0.717, 1.165) is 31.7 Å². The number of hydrogen-bond donors (Lipinski definition) is 2. The minimum atomic E-state index is -4.62. The zero-order chi connectivity index (χ0) is 35.0. The summed E-state index contributed by atoms with van der Waals surface area (Å²) in [6.45, 7) is 8.85. The van der Waals surface area contributed by atoms with Crippen molar-refractivity contribution in [2.45, 2.75) is 95.3 Å². The van der Waals surface area contributed by atoms with E-state index in [0.29, 0.717) is 0 Å². The van der Waals surface area contributed by atoms with Gasteiger partial charge in [-0.3, -0.25) is 9.59 Å². The van der Waals surface area contributed by atoms with E-state index in [2.05, 4.69) is 22.2 Å². The Morgan fingerprint density at radius 2 is 1.79 bits per heavy atom. The van der Waals surface area contributed by atoms with Gasteiger partial charge in [0.1, 0.15) is 29.8 Å². The third kappa shape index (κ3) is 7.07. The van der Waals surface area contributed by atoms with E-state index in [4.69, 9.17) is 14.2 Å². The van der Waals surface area contributed by atoms with Crippen LogP contribution in [0.4, 0.5) is 18.0 Å². The number of likely N-dealkylation sites (tertiary alicyclic amines) is 1. The Morgan fingerprint density at radius 1 is 1.08 bits per heavy atom. The molecule has 1 aliphatic heterocycles. The maximum absolute atomic E-state index is 14.3. The van der Waals surface area contributed by atoms with Gasteiger partial charge in [-0.2, -0.15) is 13.2 Å². The number of fused-ring (bicyclic) bond motifs is 1. The monoisotopic (exact) mass is 674 g/mol. The topological polar surface area (TPSA) is 136 Å². The summed E-state index contributed by atoms with van der Waals surface area (Å²) in [5.41, 5.74) is -3.03. The molecule has 2 heterocycles. The van der Waals surface area contributed by atoms with Crippen LogP contribution in [-0.2, 0) is 30.0 Å². The van der Waals surface area contributed by atoms with Gasteiger partial charge >= 0.3 is 18.2 Å². The summed E-state index contributed by atoms with van der Waals surface area (Å²) in [5, 5.41) is 5.46. The molecule has 0 bridgehead atoms. The highest BCUT2D eigenvalue weighted by Crippen LogP contribution is 2.46. The minimum absolute atomic E-state index is 0.0754. The van der Waals surface area contributed by atoms with E-state index in [9.17, 15) is 32.3 Å². The van der Waals surface area contributed by atoms with Gasteiger partial charge in [-0.25, -0.2) is 14.6 Å². The second kappa shape index (κ2) is 13.3. The molecular formula is C34H41F3N4O7. The number of hydrogen-bond acceptors (Lipinski definition) is 8. The largest absolute Gasteiger partial charge is 0.472 e. The lowest BCUT2D eigenvalue weighted by Gasteiger charge is -2.35. The summed E-state index contributed by atoms with van der Waals surface area (Å²) in [5.74, 6) is -2.39. The van der Waals surface area contributed by atoms with Crippen molar-refractivity contribution in [1.82, 2.24) is 20.5 Å². The zero-order valence-corrected chi connectivity index (χ0v) is 27.4. The molecule has 1 aromatic carbocycles. The van der Waals surface area contributed by atoms with Crippen LogP contribution in [-0.4, -0.2) is 77.2 Å². The number of esters is 1. The molecule has 260 valence electrons. The molecule has 2 saturated carbocycles. The van der Waals surface area contributed by atoms with Crippen molar-refractivity contribution >= 4 is 34.6 Å². The maximum atomic E-state index is 14.3. The van der Waals surface area contributed by atoms with E-state index in [1.807, 2.05) is 0 Å². The molecule has 3 aliphatic rings. The number of rotatable bonds is 9. The van der Waals surface area contributed by atoms with Gasteiger partial charge < -0.3 is 29.7 Å². The number of benzene rings is 1. The number of halogens is 3. The molecule has 3 fully saturated rings. The van der Waals surface area contributed by atoms with Crippen molar-refractivity contribution in [3.05, 3.63) is 48.7 Å². The molecule has 2 aliphatic carbocycles. The number of nitrogens with zero attached hydrogens (tertiary/aromatic N) is 2. The lowest BCUT2D eigenvalue weighted by Crippen LogP contribution is -2.59. The molecule has 5 rings (SSSR count). The van der Waals surface area contributed by atoms with Crippen molar-refractivity contribution in [3.63, 3.8) is 0 Å². The maximum Gasteiger partial charge on any atom is 0.417 e. The standard InChI is InChI=1S/C34H41F3N4O7/c1-6-19-17-33(19,30(44)46-5)40-27(42)25-16-21(47-28-23-12-9-13-24(34(35,36)37)22(23)14-15-38-28)18-41(25)29(43)26(32(2,3)4)39-31(45)48-20-10-7-8-11-20/h6,9,12-15,19-21,25-26H,1,7-8,10-11,16-18H2,2-5H3,(H,39,45)(H,40,42). The van der Waals surface area contributed by atoms with Crippen molar-refractivity contribution in [3.8, 4) is 5.88 Å². The Labute approximate surface area is 276 Å². The third-order valence-electron chi connectivity index (χ3n) is 9.35. The SMILES string of the molecule is C=CC1CC1(NC(=O)C1CC(Oc2nccc3c(C(F)(F)F)cccc23)CN1C(=O)C(NC(=O)OC1CCCC1)C(C)(C)C)C(=O)OC. The summed E-state index contributed by atoms with van der Waals surface area (Å²) in [6.07, 6.45) is -0.233. The number of pyridine rings is 1. The van der Waals surface area contributed by atoms with Gasteiger partial charge in [-0.1, -0.05) is 32.9 Å². The molecule has 0 spiro atoms. The molecule has 3 amide bonds. The van der Waals surface area contributed by atoms with Crippen molar-refractivity contribution in [2.75, 3.05) is 13.7 Å². The summed E-state index contributed by atoms with van der Waals surface area (Å²) in [7, 11) is 1.20. The first kappa shape index (κ1) is 35.0. The van der Waals surface area contributed by atoms with Crippen LogP contribution < -0.4 is 15.4 Å². The molecular weight excluding hydrogens is 633 g/mol. The van der Waals surface area contributed by atoms with Crippen LogP contribution in [0.1, 0.15) is 64.9 Å². The quantitative estimate of drug-likeness (QED) is 0.283. The van der Waals surface area contributed by atoms with Crippen molar-refractivity contribution < 1.29 is 46.6 Å². The Morgan fingerprint density at radius 3 is 2.40 bits per heavy atom. The van der Waals surface area contributed by atoms with Crippen molar-refractivity contribution in [1.29, 1.82) is 0 Å². The van der Waals surface area contributed by atoms with E-state index >= 15 is 0 Å². The van der Waals surface area contributed by atoms with Gasteiger partial charge in [0.15, 0.2) is 0 Å². The second-order valence-electron chi connectivity index (χ2n) is 13.8. The Bertz CT molecular complexity index is 1590. The van der Waals surface area contributed by atoms with Crippen LogP contribution in [0.3, 0.4) is 0 Å². The molecule has 48 heavy (non-hydrogen) atoms. The molecule has 14 heteroatoms. The highest BCUT2D eigenvalue weighted by molar-refractivity contribution is 5.97. The number of carbonyl (C=O) groups excluding carboxylic acids is 4. The average Bonchev–Trinajstić information content (AvgIpc) is 3.30. The smallest absolute Gasteiger partial charge is 0.417 e. The predicted octanol–water partition coefficient (Wildman–Crippen LogP) is 4.92. The van der Waals surface area contributed by atoms with Crippen LogP contribution in [0.2, 0.25) is 0 Å². The van der Waals surface area contributed by atoms with Gasteiger partial charge in [0, 0.05) is 29.3 Å². The fourth-order valence-electron chi connectivity index (χ4n) is 6.67. The molecule has 2 aromatic rings. The number of aromatic nitrogens is 1. The highest BCUT2D eigenvalue weighted by atomic mass is 19.4. The number of alkyl halides is 3. The van der Waals surface area contributed by atoms with E-state index < -0.39 is 64.8 Å². The summed E-state index contributed by atoms with van der Waals surface area (Å²) in [6, 6.07) is 2.62. The fraction of sp³-hybridized carbons (Fsp3) is 0.559. The van der Waals surface area contributed by atoms with E-state index in [1.54, 1.807) is 20.8 Å². The normalized spacial score (nSPS) is 24.9. The number of amides is 3. The molecule has 5 atom stereocenters. The molecule has 1 saturated heterocycles. The highest BCUT2D eigenvalue weighted by Gasteiger charge is 2.62. The fourth-order valence-corrected chi connectivity index (χ4v) is 6.67. The van der Waals surface area contributed by atoms with Gasteiger partial charge in [-0.15, -0.1) is 6.58 Å². The van der Waals surface area contributed by atoms with Gasteiger partial charge in [-0.05, 0) is 55.7 Å². The van der Waals surface area contributed by atoms with Crippen LogP contribution in [0, 0.1) is 11.3 Å². The Hall–Kier alpha value is -4.36. The molecule has 1 aromatic heterocycles. The van der Waals surface area contributed by atoms with Gasteiger partial charge in [0.25, 0.3) is 0 Å². The number of nitrogens with one attached hydrogen (secondary N) is 2. The molecule has 0 radical (unpaired) electrons. The molecule has 11 nitrogen and oxygen atoms in total. The first-order valence-corrected chi connectivity index (χ1v) is 16.0. The summed E-state index contributed by atoms with van der Waals surface area (Å²) < 4.78 is 57.9. The first-order valence-electron chi connectivity index (χ1n) is 16.0. The van der Waals surface area contributed by atoms with Crippen molar-refractivity contribution in [2.24, 2.45) is 11.3 Å². The number of ether oxygens (including phenoxy) is 3. The average molecular weight is 675 g/mol. The van der Waals surface area contributed by atoms with Gasteiger partial charge in [0.2, 0.25) is 17.7 Å².